The van der Waals surface area contributed by atoms with Crippen molar-refractivity contribution >= 4 is 33.2 Å². The number of hydrogen-bond acceptors (Lipinski definition) is 3. The molecule has 2 rings (SSSR count). The summed E-state index contributed by atoms with van der Waals surface area (Å²) in [5.41, 5.74) is 4.87. The molecule has 0 saturated carbocycles. The van der Waals surface area contributed by atoms with Crippen molar-refractivity contribution in [3.05, 3.63) is 63.7 Å². The second kappa shape index (κ2) is 9.18. The van der Waals surface area contributed by atoms with Crippen LogP contribution < -0.4 is 9.62 Å². The van der Waals surface area contributed by atoms with Gasteiger partial charge in [0.05, 0.1) is 18.0 Å². The molecule has 1 amide bonds. The summed E-state index contributed by atoms with van der Waals surface area (Å²) in [7, 11) is -3.68. The maximum Gasteiger partial charge on any atom is 0.244 e. The summed E-state index contributed by atoms with van der Waals surface area (Å²) in [6, 6.07) is 9.50. The molecule has 0 heterocycles. The van der Waals surface area contributed by atoms with Crippen molar-refractivity contribution in [2.24, 2.45) is 0 Å². The topological polar surface area (TPSA) is 66.5 Å². The van der Waals surface area contributed by atoms with Crippen LogP contribution in [0.3, 0.4) is 0 Å². The highest BCUT2D eigenvalue weighted by molar-refractivity contribution is 7.92. The molecule has 0 aliphatic carbocycles. The Hall–Kier alpha value is -2.05. The van der Waals surface area contributed by atoms with Gasteiger partial charge in [0.25, 0.3) is 0 Å². The maximum absolute atomic E-state index is 13.1. The third-order valence-electron chi connectivity index (χ3n) is 5.12. The minimum Gasteiger partial charge on any atom is -0.348 e. The summed E-state index contributed by atoms with van der Waals surface area (Å²) in [5.74, 6) is -0.335. The first-order valence-corrected chi connectivity index (χ1v) is 11.8. The summed E-state index contributed by atoms with van der Waals surface area (Å²) in [5, 5.41) is 3.50. The molecule has 0 spiro atoms. The Morgan fingerprint density at radius 3 is 2.14 bits per heavy atom. The molecule has 0 fully saturated rings. The van der Waals surface area contributed by atoms with Gasteiger partial charge in [0.2, 0.25) is 15.9 Å². The average Bonchev–Trinajstić information content (AvgIpc) is 2.62. The molecule has 2 atom stereocenters. The zero-order valence-corrected chi connectivity index (χ0v) is 19.4. The van der Waals surface area contributed by atoms with Gasteiger partial charge in [-0.05, 0) is 80.6 Å². The maximum atomic E-state index is 13.1. The van der Waals surface area contributed by atoms with Crippen molar-refractivity contribution in [2.75, 3.05) is 10.6 Å². The first-order chi connectivity index (χ1) is 13.5. The van der Waals surface area contributed by atoms with E-state index in [9.17, 15) is 13.2 Å². The molecule has 1 N–H and O–H groups in total. The third-order valence-corrected chi connectivity index (χ3v) is 6.55. The molecule has 0 radical (unpaired) electrons. The van der Waals surface area contributed by atoms with Gasteiger partial charge in [0.1, 0.15) is 6.04 Å². The van der Waals surface area contributed by atoms with Crippen molar-refractivity contribution < 1.29 is 13.2 Å². The predicted molar refractivity (Wildman–Crippen MR) is 120 cm³/mol. The molecule has 2 aromatic carbocycles. The lowest BCUT2D eigenvalue weighted by atomic mass is 9.96. The molecular weight excluding hydrogens is 408 g/mol. The molecule has 158 valence electrons. The van der Waals surface area contributed by atoms with Gasteiger partial charge in [-0.25, -0.2) is 8.42 Å². The van der Waals surface area contributed by atoms with E-state index in [0.29, 0.717) is 17.1 Å². The highest BCUT2D eigenvalue weighted by Crippen LogP contribution is 2.26. The quantitative estimate of drug-likeness (QED) is 0.684. The van der Waals surface area contributed by atoms with Crippen LogP contribution in [0.5, 0.6) is 0 Å². The number of nitrogens with zero attached hydrogens (tertiary/aromatic N) is 1. The van der Waals surface area contributed by atoms with Crippen LogP contribution in [0.4, 0.5) is 5.69 Å². The molecular formula is C22H29ClN2O3S. The van der Waals surface area contributed by atoms with Gasteiger partial charge >= 0.3 is 0 Å². The summed E-state index contributed by atoms with van der Waals surface area (Å²) in [4.78, 5) is 13.1. The fourth-order valence-corrected chi connectivity index (χ4v) is 4.82. The van der Waals surface area contributed by atoms with E-state index >= 15 is 0 Å². The average molecular weight is 437 g/mol. The van der Waals surface area contributed by atoms with E-state index in [1.54, 1.807) is 31.2 Å². The van der Waals surface area contributed by atoms with Gasteiger partial charge in [0, 0.05) is 5.02 Å². The van der Waals surface area contributed by atoms with E-state index < -0.39 is 16.1 Å². The molecule has 0 aliphatic rings. The SMILES string of the molecule is CC[C@H](C(=O)N[C@H](C)c1cc(C)c(C)cc1C)N(c1ccc(Cl)cc1)S(C)(=O)=O. The fourth-order valence-electron chi connectivity index (χ4n) is 3.48. The predicted octanol–water partition coefficient (Wildman–Crippen LogP) is 4.69. The van der Waals surface area contributed by atoms with Crippen LogP contribution >= 0.6 is 11.6 Å². The molecule has 0 unspecified atom stereocenters. The lowest BCUT2D eigenvalue weighted by Gasteiger charge is -2.31. The number of rotatable bonds is 7. The Morgan fingerprint density at radius 1 is 1.07 bits per heavy atom. The Morgan fingerprint density at radius 2 is 1.62 bits per heavy atom. The highest BCUT2D eigenvalue weighted by Gasteiger charge is 2.32. The Labute approximate surface area is 179 Å². The van der Waals surface area contributed by atoms with Gasteiger partial charge in [0.15, 0.2) is 0 Å². The number of anilines is 1. The molecule has 29 heavy (non-hydrogen) atoms. The van der Waals surface area contributed by atoms with Crippen molar-refractivity contribution in [3.63, 3.8) is 0 Å². The molecule has 0 saturated heterocycles. The van der Waals surface area contributed by atoms with E-state index in [4.69, 9.17) is 11.6 Å². The molecule has 2 aromatic rings. The number of aryl methyl sites for hydroxylation is 3. The third kappa shape index (κ3) is 5.52. The second-order valence-electron chi connectivity index (χ2n) is 7.48. The van der Waals surface area contributed by atoms with Crippen molar-refractivity contribution in [1.82, 2.24) is 5.32 Å². The number of hydrogen-bond donors (Lipinski definition) is 1. The van der Waals surface area contributed by atoms with Gasteiger partial charge in [-0.2, -0.15) is 0 Å². The van der Waals surface area contributed by atoms with Crippen LogP contribution in [-0.2, 0) is 14.8 Å². The zero-order chi connectivity index (χ0) is 21.9. The van der Waals surface area contributed by atoms with E-state index in [0.717, 1.165) is 22.9 Å². The van der Waals surface area contributed by atoms with Crippen LogP contribution in [0.2, 0.25) is 5.02 Å². The zero-order valence-electron chi connectivity index (χ0n) is 17.8. The number of nitrogens with one attached hydrogen (secondary N) is 1. The minimum absolute atomic E-state index is 0.248. The molecule has 5 nitrogen and oxygen atoms in total. The van der Waals surface area contributed by atoms with Crippen molar-refractivity contribution in [3.8, 4) is 0 Å². The number of carbonyl (C=O) groups excluding carboxylic acids is 1. The summed E-state index contributed by atoms with van der Waals surface area (Å²) in [6.45, 7) is 9.81. The lowest BCUT2D eigenvalue weighted by Crippen LogP contribution is -2.49. The standard InChI is InChI=1S/C22H29ClN2O3S/c1-7-21(25(29(6,27)28)19-10-8-18(23)9-11-19)22(26)24-17(5)20-13-15(3)14(2)12-16(20)4/h8-13,17,21H,7H2,1-6H3,(H,24,26)/t17-,21-/m1/s1. The highest BCUT2D eigenvalue weighted by atomic mass is 35.5. The number of halogens is 1. The van der Waals surface area contributed by atoms with E-state index in [-0.39, 0.29) is 11.9 Å². The largest absolute Gasteiger partial charge is 0.348 e. The number of carbonyl (C=O) groups is 1. The fraction of sp³-hybridized carbons (Fsp3) is 0.409. The first kappa shape index (κ1) is 23.2. The molecule has 0 aromatic heterocycles. The number of benzene rings is 2. The van der Waals surface area contributed by atoms with Crippen molar-refractivity contribution in [1.29, 1.82) is 0 Å². The summed E-state index contributed by atoms with van der Waals surface area (Å²) in [6.07, 6.45) is 1.44. The van der Waals surface area contributed by atoms with E-state index in [2.05, 4.69) is 24.4 Å². The van der Waals surface area contributed by atoms with E-state index in [1.807, 2.05) is 20.8 Å². The van der Waals surface area contributed by atoms with E-state index in [1.165, 1.54) is 9.87 Å². The smallest absolute Gasteiger partial charge is 0.244 e. The molecule has 0 bridgehead atoms. The van der Waals surface area contributed by atoms with Crippen molar-refractivity contribution in [2.45, 2.75) is 53.1 Å². The van der Waals surface area contributed by atoms with Crippen LogP contribution in [0.1, 0.15) is 48.6 Å². The van der Waals surface area contributed by atoms with Crippen LogP contribution in [-0.4, -0.2) is 26.6 Å². The molecule has 7 heteroatoms. The Kier molecular flexibility index (Phi) is 7.35. The number of amides is 1. The number of sulfonamides is 1. The summed E-state index contributed by atoms with van der Waals surface area (Å²) >= 11 is 5.93. The normalized spacial score (nSPS) is 13.6. The van der Waals surface area contributed by atoms with Gasteiger partial charge < -0.3 is 5.32 Å². The summed E-state index contributed by atoms with van der Waals surface area (Å²) < 4.78 is 26.2. The minimum atomic E-state index is -3.68. The van der Waals surface area contributed by atoms with Gasteiger partial charge in [-0.15, -0.1) is 0 Å². The van der Waals surface area contributed by atoms with Crippen LogP contribution in [0.15, 0.2) is 36.4 Å². The second-order valence-corrected chi connectivity index (χ2v) is 9.78. The Bertz CT molecular complexity index is 988. The van der Waals surface area contributed by atoms with Gasteiger partial charge in [-0.3, -0.25) is 9.10 Å². The van der Waals surface area contributed by atoms with Gasteiger partial charge in [-0.1, -0.05) is 30.7 Å². The van der Waals surface area contributed by atoms with Crippen LogP contribution in [0.25, 0.3) is 0 Å². The monoisotopic (exact) mass is 436 g/mol. The molecule has 0 aliphatic heterocycles. The lowest BCUT2D eigenvalue weighted by molar-refractivity contribution is -0.122. The van der Waals surface area contributed by atoms with Crippen LogP contribution in [0, 0.1) is 20.8 Å². The first-order valence-electron chi connectivity index (χ1n) is 9.58. The Balaban J connectivity index is 2.34.